The van der Waals surface area contributed by atoms with E-state index in [0.717, 1.165) is 28.0 Å². The quantitative estimate of drug-likeness (QED) is 0.153. The maximum absolute atomic E-state index is 13.7. The lowest BCUT2D eigenvalue weighted by atomic mass is 10.0. The number of methoxy groups -OCH3 is 3. The first kappa shape index (κ1) is 36.1. The van der Waals surface area contributed by atoms with Gasteiger partial charge in [0.05, 0.1) is 69.1 Å². The number of hydrogen-bond acceptors (Lipinski definition) is 10. The number of rotatable bonds is 12. The second kappa shape index (κ2) is 15.4. The average molecular weight is 730 g/mol. The van der Waals surface area contributed by atoms with Crippen molar-refractivity contribution in [3.8, 4) is 28.7 Å². The fraction of sp³-hybridized carbons (Fsp3) is 0.286. The van der Waals surface area contributed by atoms with Gasteiger partial charge in [-0.25, -0.2) is 0 Å². The van der Waals surface area contributed by atoms with Crippen molar-refractivity contribution >= 4 is 41.2 Å². The van der Waals surface area contributed by atoms with Crippen LogP contribution in [0.2, 0.25) is 0 Å². The third-order valence-electron chi connectivity index (χ3n) is 9.80. The summed E-state index contributed by atoms with van der Waals surface area (Å²) in [4.78, 5) is 40.2. The molecule has 3 aromatic rings. The van der Waals surface area contributed by atoms with Crippen LogP contribution in [-0.4, -0.2) is 80.7 Å². The topological polar surface area (TPSA) is 138 Å². The van der Waals surface area contributed by atoms with E-state index >= 15 is 0 Å². The van der Waals surface area contributed by atoms with Crippen molar-refractivity contribution in [1.82, 2.24) is 9.80 Å². The van der Waals surface area contributed by atoms with Crippen LogP contribution in [0, 0.1) is 0 Å². The highest BCUT2D eigenvalue weighted by atomic mass is 16.5. The number of nitrogens with zero attached hydrogens (tertiary/aromatic N) is 4. The fourth-order valence-electron chi connectivity index (χ4n) is 6.80. The summed E-state index contributed by atoms with van der Waals surface area (Å²) < 4.78 is 28.8. The van der Waals surface area contributed by atoms with Crippen LogP contribution in [0.15, 0.2) is 99.9 Å². The summed E-state index contributed by atoms with van der Waals surface area (Å²) in [6.45, 7) is 4.45. The monoisotopic (exact) mass is 729 g/mol. The maximum Gasteiger partial charge on any atom is 0.260 e. The highest BCUT2D eigenvalue weighted by Crippen LogP contribution is 2.41. The Morgan fingerprint density at radius 3 is 1.83 bits per heavy atom. The second-order valence-corrected chi connectivity index (χ2v) is 13.4. The van der Waals surface area contributed by atoms with Crippen LogP contribution in [0.3, 0.4) is 0 Å². The number of ether oxygens (including phenoxy) is 5. The van der Waals surface area contributed by atoms with Gasteiger partial charge in [0.2, 0.25) is 0 Å². The molecule has 4 heterocycles. The Balaban J connectivity index is 0.988. The zero-order chi connectivity index (χ0) is 37.9. The number of fused-ring (bicyclic) bond motifs is 4. The third kappa shape index (κ3) is 7.19. The Hall–Kier alpha value is -6.30. The summed E-state index contributed by atoms with van der Waals surface area (Å²) >= 11 is 0. The predicted molar refractivity (Wildman–Crippen MR) is 208 cm³/mol. The van der Waals surface area contributed by atoms with Crippen LogP contribution in [-0.2, 0) is 0 Å². The maximum atomic E-state index is 13.7. The molecular formula is C42H43N5O7. The largest absolute Gasteiger partial charge is 0.497 e. The first-order chi connectivity index (χ1) is 26.2. The number of hydrogen-bond donors (Lipinski definition) is 1. The molecule has 0 saturated heterocycles. The molecule has 2 atom stereocenters. The Labute approximate surface area is 314 Å². The van der Waals surface area contributed by atoms with Gasteiger partial charge in [-0.2, -0.15) is 0 Å². The number of amides is 2. The summed E-state index contributed by atoms with van der Waals surface area (Å²) in [7, 11) is 4.72. The Morgan fingerprint density at radius 2 is 1.30 bits per heavy atom. The Kier molecular flexibility index (Phi) is 10.3. The van der Waals surface area contributed by atoms with E-state index in [-0.39, 0.29) is 23.9 Å². The molecular weight excluding hydrogens is 686 g/mol. The highest BCUT2D eigenvalue weighted by molar-refractivity contribution is 6.06. The molecule has 12 heteroatoms. The smallest absolute Gasteiger partial charge is 0.260 e. The van der Waals surface area contributed by atoms with Crippen LogP contribution < -0.4 is 29.4 Å². The van der Waals surface area contributed by atoms with E-state index in [9.17, 15) is 9.59 Å². The Bertz CT molecular complexity index is 2160. The van der Waals surface area contributed by atoms with Crippen LogP contribution in [0.5, 0.6) is 28.7 Å². The number of allylic oxidation sites excluding steroid dienone is 4. The molecule has 7 rings (SSSR count). The first-order valence-corrected chi connectivity index (χ1v) is 17.8. The molecule has 3 aromatic carbocycles. The molecule has 0 bridgehead atoms. The van der Waals surface area contributed by atoms with Crippen molar-refractivity contribution < 1.29 is 33.3 Å². The highest BCUT2D eigenvalue weighted by Gasteiger charge is 2.35. The lowest BCUT2D eigenvalue weighted by molar-refractivity contribution is 0.0809. The zero-order valence-electron chi connectivity index (χ0n) is 31.0. The molecule has 0 spiro atoms. The summed E-state index contributed by atoms with van der Waals surface area (Å²) in [6.07, 6.45) is 13.0. The molecule has 278 valence electrons. The van der Waals surface area contributed by atoms with Gasteiger partial charge in [-0.05, 0) is 66.5 Å². The van der Waals surface area contributed by atoms with E-state index < -0.39 is 0 Å². The van der Waals surface area contributed by atoms with E-state index in [1.165, 1.54) is 7.11 Å². The van der Waals surface area contributed by atoms with Gasteiger partial charge in [0.1, 0.15) is 5.75 Å². The van der Waals surface area contributed by atoms with Crippen LogP contribution in [0.1, 0.15) is 59.4 Å². The predicted octanol–water partition coefficient (Wildman–Crippen LogP) is 7.15. The van der Waals surface area contributed by atoms with Crippen molar-refractivity contribution in [2.45, 2.75) is 45.2 Å². The van der Waals surface area contributed by atoms with Gasteiger partial charge >= 0.3 is 0 Å². The average Bonchev–Trinajstić information content (AvgIpc) is 3.77. The summed E-state index contributed by atoms with van der Waals surface area (Å²) in [5.74, 6) is 2.27. The number of carbonyl (C=O) groups is 2. The molecule has 2 N–H and O–H groups in total. The fourth-order valence-corrected chi connectivity index (χ4v) is 6.80. The van der Waals surface area contributed by atoms with Crippen molar-refractivity contribution in [3.63, 3.8) is 0 Å². The van der Waals surface area contributed by atoms with Gasteiger partial charge in [0.15, 0.2) is 23.0 Å². The first-order valence-electron chi connectivity index (χ1n) is 17.8. The van der Waals surface area contributed by atoms with E-state index in [1.54, 1.807) is 54.5 Å². The summed E-state index contributed by atoms with van der Waals surface area (Å²) in [5.41, 5.74) is 12.6. The molecule has 0 aromatic heterocycles. The molecule has 4 aliphatic rings. The van der Waals surface area contributed by atoms with Crippen molar-refractivity contribution in [2.24, 2.45) is 15.7 Å². The number of aliphatic imine (C=N–C) groups is 2. The van der Waals surface area contributed by atoms with Gasteiger partial charge in [-0.15, -0.1) is 0 Å². The lowest BCUT2D eigenvalue weighted by Gasteiger charge is -2.19. The lowest BCUT2D eigenvalue weighted by Crippen LogP contribution is -2.32. The molecule has 0 fully saturated rings. The van der Waals surface area contributed by atoms with E-state index in [1.807, 2.05) is 68.9 Å². The summed E-state index contributed by atoms with van der Waals surface area (Å²) in [6, 6.07) is 14.2. The van der Waals surface area contributed by atoms with Gasteiger partial charge in [-0.1, -0.05) is 18.2 Å². The zero-order valence-corrected chi connectivity index (χ0v) is 31.0. The van der Waals surface area contributed by atoms with Crippen molar-refractivity contribution in [2.75, 3.05) is 34.5 Å². The molecule has 2 amide bonds. The third-order valence-corrected chi connectivity index (χ3v) is 9.80. The minimum Gasteiger partial charge on any atom is -0.497 e. The summed E-state index contributed by atoms with van der Waals surface area (Å²) in [5, 5.41) is 0. The molecule has 0 saturated carbocycles. The van der Waals surface area contributed by atoms with Gasteiger partial charge in [0.25, 0.3) is 11.8 Å². The number of nitrogens with two attached hydrogens (primary N) is 1. The van der Waals surface area contributed by atoms with E-state index in [4.69, 9.17) is 34.4 Å². The van der Waals surface area contributed by atoms with E-state index in [2.05, 4.69) is 4.99 Å². The van der Waals surface area contributed by atoms with Crippen LogP contribution >= 0.6 is 0 Å². The van der Waals surface area contributed by atoms with Gasteiger partial charge in [0, 0.05) is 61.9 Å². The van der Waals surface area contributed by atoms with E-state index in [0.29, 0.717) is 83.7 Å². The molecule has 0 aliphatic carbocycles. The molecule has 12 nitrogen and oxygen atoms in total. The minimum absolute atomic E-state index is 0.157. The minimum atomic E-state index is -0.203. The van der Waals surface area contributed by atoms with Crippen molar-refractivity contribution in [3.05, 3.63) is 107 Å². The van der Waals surface area contributed by atoms with Crippen molar-refractivity contribution in [1.29, 1.82) is 0 Å². The number of benzene rings is 3. The molecule has 4 aliphatic heterocycles. The van der Waals surface area contributed by atoms with Gasteiger partial charge < -0.3 is 39.2 Å². The van der Waals surface area contributed by atoms with Crippen LogP contribution in [0.25, 0.3) is 5.57 Å². The molecule has 54 heavy (non-hydrogen) atoms. The molecule has 0 radical (unpaired) electrons. The Morgan fingerprint density at radius 1 is 0.741 bits per heavy atom. The molecule has 1 unspecified atom stereocenters. The SMILES string of the molecule is COc1ccc(C2=CN3C(=O)c4cc(OC)c(OCCCOc5cc6c(cc5OC)C(=O)N5C=C(/C(C)=C/C=C(\C)N)CC5C=N6)cc4N=C[C@@H]3C2)cc1. The van der Waals surface area contributed by atoms with Gasteiger partial charge in [-0.3, -0.25) is 19.6 Å². The standard InChI is InChI=1S/C42H43N5O7/c1-25(7-8-26(2)43)28-15-30-21-44-35-19-39(37(51-4)17-33(35)41(48)46(30)23-28)53-13-6-14-54-40-20-36-34(18-38(40)52-5)42(49)47-24-29(16-31(47)22-45-36)27-9-11-32(50-3)12-10-27/h7-12,17-24,30-31H,6,13-16,43H2,1-5H3/b25-7+,26-8+/t30?,31-/m0/s1. The van der Waals surface area contributed by atoms with Crippen LogP contribution in [0.4, 0.5) is 11.4 Å². The second-order valence-electron chi connectivity index (χ2n) is 13.4. The normalized spacial score (nSPS) is 18.9. The number of carbonyl (C=O) groups excluding carboxylic acids is 2.